The summed E-state index contributed by atoms with van der Waals surface area (Å²) in [7, 11) is 0. The molecule has 0 saturated heterocycles. The first-order chi connectivity index (χ1) is 0. The van der Waals surface area contributed by atoms with E-state index >= 15 is 0 Å². The summed E-state index contributed by atoms with van der Waals surface area (Å²) in [5, 5.41) is 0. The largest absolute Gasteiger partial charge is 0.187 e. The molecule has 0 rings (SSSR count). The Bertz CT molecular complexity index is 8.00. The Balaban J connectivity index is 0. The molecule has 0 aromatic rings. The molecule has 0 unspecified atom stereocenters. The van der Waals surface area contributed by atoms with Crippen molar-refractivity contribution < 1.29 is 54.6 Å². The van der Waals surface area contributed by atoms with Crippen molar-refractivity contribution in [3.05, 3.63) is 0 Å². The van der Waals surface area contributed by atoms with Crippen LogP contribution in [0.25, 0.3) is 0 Å². The van der Waals surface area contributed by atoms with Crippen LogP contribution in [0.3, 0.4) is 0 Å². The second-order valence-corrected chi connectivity index (χ2v) is 0. The molecule has 30 valence electrons. The maximum absolute atomic E-state index is 0. The van der Waals surface area contributed by atoms with Gasteiger partial charge in [0.2, 0.25) is 0 Å². The maximum Gasteiger partial charge on any atom is 0.187 e. The SMILES string of the molecule is [AlH3].[Fe].[Ni].[W]. The van der Waals surface area contributed by atoms with Gasteiger partial charge in [0, 0.05) is 54.6 Å². The summed E-state index contributed by atoms with van der Waals surface area (Å²) in [5.74, 6) is 0. The Morgan fingerprint density at radius 2 is 1.00 bits per heavy atom. The van der Waals surface area contributed by atoms with Crippen molar-refractivity contribution in [2.45, 2.75) is 0 Å². The molecule has 0 N–H and O–H groups in total. The Kier molecular flexibility index (Phi) is 161. The van der Waals surface area contributed by atoms with Crippen LogP contribution in [-0.4, -0.2) is 17.4 Å². The van der Waals surface area contributed by atoms with Crippen molar-refractivity contribution >= 4 is 17.4 Å². The molecule has 0 atom stereocenters. The van der Waals surface area contributed by atoms with E-state index in [0.717, 1.165) is 0 Å². The third-order valence-corrected chi connectivity index (χ3v) is 0. The van der Waals surface area contributed by atoms with Crippen LogP contribution in [0.2, 0.25) is 0 Å². The molecule has 0 spiro atoms. The van der Waals surface area contributed by atoms with Crippen LogP contribution in [0.4, 0.5) is 0 Å². The number of hydrogen-bond acceptors (Lipinski definition) is 0. The Morgan fingerprint density at radius 3 is 1.00 bits per heavy atom. The van der Waals surface area contributed by atoms with Crippen molar-refractivity contribution in [1.29, 1.82) is 0 Å². The van der Waals surface area contributed by atoms with E-state index in [1.165, 1.54) is 0 Å². The summed E-state index contributed by atoms with van der Waals surface area (Å²) in [5.41, 5.74) is 0. The van der Waals surface area contributed by atoms with Crippen LogP contribution >= 0.6 is 0 Å². The van der Waals surface area contributed by atoms with Gasteiger partial charge in [-0.2, -0.15) is 0 Å². The second kappa shape index (κ2) is 18.8. The Hall–Kier alpha value is 2.23. The summed E-state index contributed by atoms with van der Waals surface area (Å²) < 4.78 is 0. The summed E-state index contributed by atoms with van der Waals surface area (Å²) in [6, 6.07) is 0. The normalized spacial score (nSPS) is 0. The smallest absolute Gasteiger partial charge is 0 e. The maximum atomic E-state index is 0. The fourth-order valence-corrected chi connectivity index (χ4v) is 0. The fraction of sp³-hybridized carbons (Fsp3) is 0. The average Bonchev–Trinajstić information content (AvgIpc) is 0. The average molecular weight is 328 g/mol. The molecule has 0 saturated carbocycles. The van der Waals surface area contributed by atoms with E-state index < -0.39 is 0 Å². The van der Waals surface area contributed by atoms with Gasteiger partial charge in [-0.25, -0.2) is 0 Å². The molecule has 0 aliphatic heterocycles. The molecule has 0 radical (unpaired) electrons. The van der Waals surface area contributed by atoms with E-state index in [1.807, 2.05) is 0 Å². The van der Waals surface area contributed by atoms with Crippen molar-refractivity contribution in [2.24, 2.45) is 0 Å². The predicted octanol–water partition coefficient (Wildman–Crippen LogP) is -1.19. The first-order valence-corrected chi connectivity index (χ1v) is 0. The third-order valence-electron chi connectivity index (χ3n) is 0. The zero-order chi connectivity index (χ0) is 0. The van der Waals surface area contributed by atoms with Crippen LogP contribution in [-0.2, 0) is 54.6 Å². The molecule has 0 nitrogen and oxygen atoms in total. The number of hydrogen-bond donors (Lipinski definition) is 0. The molecule has 0 aromatic carbocycles. The third kappa shape index (κ3) is 8.87. The van der Waals surface area contributed by atoms with Gasteiger partial charge in [-0.1, -0.05) is 0 Å². The van der Waals surface area contributed by atoms with Crippen LogP contribution < -0.4 is 0 Å². The van der Waals surface area contributed by atoms with Gasteiger partial charge in [0.1, 0.15) is 0 Å². The van der Waals surface area contributed by atoms with Crippen LogP contribution in [0.15, 0.2) is 0 Å². The minimum absolute atomic E-state index is 0. The van der Waals surface area contributed by atoms with Gasteiger partial charge in [-0.3, -0.25) is 0 Å². The minimum atomic E-state index is 0. The van der Waals surface area contributed by atoms with E-state index in [0.29, 0.717) is 0 Å². The topological polar surface area (TPSA) is 0 Å². The van der Waals surface area contributed by atoms with Gasteiger partial charge in [-0.15, -0.1) is 0 Å². The van der Waals surface area contributed by atoms with E-state index in [4.69, 9.17) is 0 Å². The molecular formula is H3AlFeNiW. The van der Waals surface area contributed by atoms with Crippen molar-refractivity contribution in [2.75, 3.05) is 0 Å². The Morgan fingerprint density at radius 1 is 1.00 bits per heavy atom. The summed E-state index contributed by atoms with van der Waals surface area (Å²) in [6.45, 7) is 0. The first-order valence-electron chi connectivity index (χ1n) is 0. The first kappa shape index (κ1) is 34.2. The van der Waals surface area contributed by atoms with Gasteiger partial charge >= 0.3 is 0 Å². The van der Waals surface area contributed by atoms with Crippen LogP contribution in [0, 0.1) is 0 Å². The molecule has 0 heterocycles. The minimum Gasteiger partial charge on any atom is 0 e. The molecule has 0 aliphatic rings. The van der Waals surface area contributed by atoms with Crippen molar-refractivity contribution in [1.82, 2.24) is 0 Å². The van der Waals surface area contributed by atoms with Gasteiger partial charge < -0.3 is 0 Å². The van der Waals surface area contributed by atoms with Crippen LogP contribution in [0.1, 0.15) is 0 Å². The second-order valence-electron chi connectivity index (χ2n) is 0. The summed E-state index contributed by atoms with van der Waals surface area (Å²) in [4.78, 5) is 0. The standard InChI is InChI=1S/Al.Fe.Ni.W.3H. The molecule has 0 bridgehead atoms. The molecule has 0 fully saturated rings. The quantitative estimate of drug-likeness (QED) is 0.491. The van der Waals surface area contributed by atoms with Crippen LogP contribution in [0.5, 0.6) is 0 Å². The predicted molar refractivity (Wildman–Crippen MR) is 9.94 cm³/mol. The van der Waals surface area contributed by atoms with E-state index in [-0.39, 0.29) is 72.0 Å². The van der Waals surface area contributed by atoms with Crippen molar-refractivity contribution in [3.8, 4) is 0 Å². The molecule has 0 amide bonds. The summed E-state index contributed by atoms with van der Waals surface area (Å²) >= 11 is 0. The van der Waals surface area contributed by atoms with E-state index in [9.17, 15) is 0 Å². The van der Waals surface area contributed by atoms with Crippen molar-refractivity contribution in [3.63, 3.8) is 0 Å². The van der Waals surface area contributed by atoms with E-state index in [2.05, 4.69) is 0 Å². The zero-order valence-corrected chi connectivity index (χ0v) is 6.10. The molecule has 4 heavy (non-hydrogen) atoms. The van der Waals surface area contributed by atoms with Gasteiger partial charge in [0.15, 0.2) is 17.4 Å². The zero-order valence-electron chi connectivity index (χ0n) is 1.08. The van der Waals surface area contributed by atoms with Gasteiger partial charge in [-0.05, 0) is 0 Å². The monoisotopic (exact) mass is 328 g/mol. The summed E-state index contributed by atoms with van der Waals surface area (Å²) in [6.07, 6.45) is 0. The number of rotatable bonds is 0. The van der Waals surface area contributed by atoms with Gasteiger partial charge in [0.05, 0.1) is 0 Å². The van der Waals surface area contributed by atoms with E-state index in [1.54, 1.807) is 0 Å². The van der Waals surface area contributed by atoms with Gasteiger partial charge in [0.25, 0.3) is 0 Å². The Labute approximate surface area is 71.3 Å². The fourth-order valence-electron chi connectivity index (χ4n) is 0. The molecule has 0 aromatic heterocycles. The molecule has 4 heteroatoms. The molecule has 0 aliphatic carbocycles. The molecular weight excluding hydrogens is 325 g/mol.